The lowest BCUT2D eigenvalue weighted by Crippen LogP contribution is -2.25. The Morgan fingerprint density at radius 1 is 1.19 bits per heavy atom. The van der Waals surface area contributed by atoms with Crippen LogP contribution < -0.4 is 5.32 Å². The average Bonchev–Trinajstić information content (AvgIpc) is 3.28. The first kappa shape index (κ1) is 17.6. The summed E-state index contributed by atoms with van der Waals surface area (Å²) >= 11 is 0. The number of rotatable bonds is 7. The number of hydrogen-bond acceptors (Lipinski definition) is 4. The molecule has 1 amide bonds. The Morgan fingerprint density at radius 3 is 2.62 bits per heavy atom. The summed E-state index contributed by atoms with van der Waals surface area (Å²) in [6.45, 7) is 2.93. The third-order valence-corrected chi connectivity index (χ3v) is 4.17. The van der Waals surface area contributed by atoms with Crippen LogP contribution in [0.5, 0.6) is 0 Å². The smallest absolute Gasteiger partial charge is 0.251 e. The topological polar surface area (TPSA) is 81.8 Å². The lowest BCUT2D eigenvalue weighted by molar-refractivity contribution is 0.0951. The Bertz CT molecular complexity index is 895. The summed E-state index contributed by atoms with van der Waals surface area (Å²) in [7, 11) is 1.74. The number of Topliss-reactive ketones (excluding diaryl/α,β-unsaturated/α-hetero) is 1. The molecule has 0 radical (unpaired) electrons. The number of aryl methyl sites for hydroxylation is 2. The zero-order valence-electron chi connectivity index (χ0n) is 14.8. The van der Waals surface area contributed by atoms with Crippen molar-refractivity contribution in [3.8, 4) is 11.1 Å². The quantitative estimate of drug-likeness (QED) is 0.523. The van der Waals surface area contributed by atoms with E-state index in [0.717, 1.165) is 24.1 Å². The van der Waals surface area contributed by atoms with Gasteiger partial charge in [0, 0.05) is 50.6 Å². The summed E-state index contributed by atoms with van der Waals surface area (Å²) in [5, 5.41) is 7.06. The highest BCUT2D eigenvalue weighted by atomic mass is 16.1. The molecule has 0 fully saturated rings. The van der Waals surface area contributed by atoms with E-state index in [1.807, 2.05) is 22.9 Å². The first-order valence-electron chi connectivity index (χ1n) is 8.43. The number of benzene rings is 1. The van der Waals surface area contributed by atoms with E-state index in [9.17, 15) is 9.59 Å². The summed E-state index contributed by atoms with van der Waals surface area (Å²) in [6.07, 6.45) is 7.89. The molecule has 0 aliphatic heterocycles. The molecular weight excluding hydrogens is 330 g/mol. The van der Waals surface area contributed by atoms with Crippen LogP contribution >= 0.6 is 0 Å². The van der Waals surface area contributed by atoms with Crippen molar-refractivity contribution in [2.24, 2.45) is 7.05 Å². The van der Waals surface area contributed by atoms with E-state index >= 15 is 0 Å². The van der Waals surface area contributed by atoms with Crippen molar-refractivity contribution in [1.29, 1.82) is 0 Å². The Labute approximate surface area is 151 Å². The molecule has 0 aliphatic rings. The van der Waals surface area contributed by atoms with Gasteiger partial charge in [0.25, 0.3) is 5.91 Å². The van der Waals surface area contributed by atoms with E-state index in [1.165, 1.54) is 6.92 Å². The van der Waals surface area contributed by atoms with Gasteiger partial charge in [-0.2, -0.15) is 5.10 Å². The Balaban J connectivity index is 1.60. The highest BCUT2D eigenvalue weighted by molar-refractivity contribution is 5.99. The van der Waals surface area contributed by atoms with Gasteiger partial charge in [-0.25, -0.2) is 4.98 Å². The predicted molar refractivity (Wildman–Crippen MR) is 97.8 cm³/mol. The molecule has 0 unspecified atom stereocenters. The number of nitrogens with one attached hydrogen (secondary N) is 1. The standard InChI is InChI=1S/C19H21N5O2/c1-14(25)18-17(12-22-23(18)2)15-4-6-16(7-5-15)19(26)21-8-3-10-24-11-9-20-13-24/h4-7,9,11-13H,3,8,10H2,1-2H3,(H,21,26). The van der Waals surface area contributed by atoms with Crippen molar-refractivity contribution in [2.75, 3.05) is 6.54 Å². The van der Waals surface area contributed by atoms with E-state index in [-0.39, 0.29) is 11.7 Å². The Kier molecular flexibility index (Phi) is 5.26. The molecule has 0 atom stereocenters. The minimum Gasteiger partial charge on any atom is -0.352 e. The van der Waals surface area contributed by atoms with Crippen LogP contribution in [0.2, 0.25) is 0 Å². The SMILES string of the molecule is CC(=O)c1c(-c2ccc(C(=O)NCCCn3ccnc3)cc2)cnn1C. The van der Waals surface area contributed by atoms with Crippen LogP contribution in [0, 0.1) is 0 Å². The third-order valence-electron chi connectivity index (χ3n) is 4.17. The summed E-state index contributed by atoms with van der Waals surface area (Å²) in [5.74, 6) is -0.153. The molecule has 7 nitrogen and oxygen atoms in total. The number of carbonyl (C=O) groups is 2. The fraction of sp³-hybridized carbons (Fsp3) is 0.263. The second-order valence-electron chi connectivity index (χ2n) is 6.07. The zero-order valence-corrected chi connectivity index (χ0v) is 14.8. The number of nitrogens with zero attached hydrogens (tertiary/aromatic N) is 4. The molecule has 3 aromatic rings. The van der Waals surface area contributed by atoms with Crippen LogP contribution in [0.15, 0.2) is 49.2 Å². The molecular formula is C19H21N5O2. The monoisotopic (exact) mass is 351 g/mol. The van der Waals surface area contributed by atoms with Crippen molar-refractivity contribution < 1.29 is 9.59 Å². The number of aromatic nitrogens is 4. The maximum atomic E-state index is 12.2. The zero-order chi connectivity index (χ0) is 18.5. The van der Waals surface area contributed by atoms with E-state index in [0.29, 0.717) is 17.8 Å². The first-order chi connectivity index (χ1) is 12.6. The second-order valence-corrected chi connectivity index (χ2v) is 6.07. The van der Waals surface area contributed by atoms with Gasteiger partial charge in [-0.05, 0) is 24.1 Å². The van der Waals surface area contributed by atoms with Gasteiger partial charge < -0.3 is 9.88 Å². The number of hydrogen-bond donors (Lipinski definition) is 1. The molecule has 2 aromatic heterocycles. The molecule has 0 saturated heterocycles. The lowest BCUT2D eigenvalue weighted by atomic mass is 10.0. The molecule has 0 bridgehead atoms. The normalized spacial score (nSPS) is 10.7. The Morgan fingerprint density at radius 2 is 1.96 bits per heavy atom. The van der Waals surface area contributed by atoms with Crippen LogP contribution in [-0.4, -0.2) is 37.6 Å². The van der Waals surface area contributed by atoms with Crippen molar-refractivity contribution in [1.82, 2.24) is 24.6 Å². The average molecular weight is 351 g/mol. The van der Waals surface area contributed by atoms with Crippen LogP contribution in [0.1, 0.15) is 34.2 Å². The molecule has 1 N–H and O–H groups in total. The van der Waals surface area contributed by atoms with Crippen molar-refractivity contribution in [3.05, 3.63) is 60.4 Å². The summed E-state index contributed by atoms with van der Waals surface area (Å²) in [6, 6.07) is 7.20. The van der Waals surface area contributed by atoms with E-state index in [2.05, 4.69) is 15.4 Å². The predicted octanol–water partition coefficient (Wildman–Crippen LogP) is 2.31. The van der Waals surface area contributed by atoms with Crippen molar-refractivity contribution in [3.63, 3.8) is 0 Å². The van der Waals surface area contributed by atoms with Gasteiger partial charge in [-0.1, -0.05) is 12.1 Å². The maximum absolute atomic E-state index is 12.2. The molecule has 0 spiro atoms. The Hall–Kier alpha value is -3.22. The summed E-state index contributed by atoms with van der Waals surface area (Å²) in [4.78, 5) is 28.0. The maximum Gasteiger partial charge on any atom is 0.251 e. The van der Waals surface area contributed by atoms with Gasteiger partial charge in [0.2, 0.25) is 0 Å². The molecule has 26 heavy (non-hydrogen) atoms. The van der Waals surface area contributed by atoms with E-state index in [4.69, 9.17) is 0 Å². The molecule has 7 heteroatoms. The molecule has 3 rings (SSSR count). The van der Waals surface area contributed by atoms with E-state index < -0.39 is 0 Å². The van der Waals surface area contributed by atoms with Crippen LogP contribution in [0.4, 0.5) is 0 Å². The van der Waals surface area contributed by atoms with Crippen molar-refractivity contribution in [2.45, 2.75) is 19.9 Å². The number of ketones is 1. The minimum absolute atomic E-state index is 0.0419. The first-order valence-corrected chi connectivity index (χ1v) is 8.43. The van der Waals surface area contributed by atoms with Gasteiger partial charge in [-0.15, -0.1) is 0 Å². The molecule has 0 saturated carbocycles. The number of carbonyl (C=O) groups excluding carboxylic acids is 2. The molecule has 2 heterocycles. The molecule has 1 aromatic carbocycles. The highest BCUT2D eigenvalue weighted by Crippen LogP contribution is 2.24. The summed E-state index contributed by atoms with van der Waals surface area (Å²) < 4.78 is 3.54. The van der Waals surface area contributed by atoms with E-state index in [1.54, 1.807) is 42.6 Å². The van der Waals surface area contributed by atoms with Gasteiger partial charge in [0.05, 0.1) is 12.5 Å². The lowest BCUT2D eigenvalue weighted by Gasteiger charge is -2.07. The van der Waals surface area contributed by atoms with Crippen molar-refractivity contribution >= 4 is 11.7 Å². The fourth-order valence-electron chi connectivity index (χ4n) is 2.85. The highest BCUT2D eigenvalue weighted by Gasteiger charge is 2.15. The van der Waals surface area contributed by atoms with Crippen LogP contribution in [0.25, 0.3) is 11.1 Å². The molecule has 134 valence electrons. The van der Waals surface area contributed by atoms with Gasteiger partial charge >= 0.3 is 0 Å². The van der Waals surface area contributed by atoms with Gasteiger partial charge in [0.15, 0.2) is 5.78 Å². The molecule has 0 aliphatic carbocycles. The van der Waals surface area contributed by atoms with Gasteiger partial charge in [-0.3, -0.25) is 14.3 Å². The summed E-state index contributed by atoms with van der Waals surface area (Å²) in [5.41, 5.74) is 2.78. The minimum atomic E-state index is -0.111. The fourth-order valence-corrected chi connectivity index (χ4v) is 2.85. The van der Waals surface area contributed by atoms with Gasteiger partial charge in [0.1, 0.15) is 5.69 Å². The van der Waals surface area contributed by atoms with Crippen LogP contribution in [-0.2, 0) is 13.6 Å². The third kappa shape index (κ3) is 3.88. The largest absolute Gasteiger partial charge is 0.352 e. The van der Waals surface area contributed by atoms with Crippen LogP contribution in [0.3, 0.4) is 0 Å². The number of amides is 1. The number of imidazole rings is 1. The second kappa shape index (κ2) is 7.77.